The van der Waals surface area contributed by atoms with Crippen LogP contribution in [-0.4, -0.2) is 30.4 Å². The van der Waals surface area contributed by atoms with Gasteiger partial charge in [-0.15, -0.1) is 0 Å². The molecule has 1 saturated heterocycles. The molecule has 1 saturated carbocycles. The van der Waals surface area contributed by atoms with Crippen molar-refractivity contribution in [1.82, 2.24) is 10.2 Å². The van der Waals surface area contributed by atoms with Gasteiger partial charge in [-0.25, -0.2) is 0 Å². The molecule has 1 N–H and O–H groups in total. The molecule has 2 aliphatic rings. The van der Waals surface area contributed by atoms with E-state index in [2.05, 4.69) is 22.3 Å². The molecule has 0 bridgehead atoms. The summed E-state index contributed by atoms with van der Waals surface area (Å²) in [4.78, 5) is 14.6. The van der Waals surface area contributed by atoms with Crippen LogP contribution in [0.25, 0.3) is 0 Å². The first-order valence-electron chi connectivity index (χ1n) is 7.36. The lowest BCUT2D eigenvalue weighted by molar-refractivity contribution is -0.138. The minimum Gasteiger partial charge on any atom is -0.338 e. The predicted octanol–water partition coefficient (Wildman–Crippen LogP) is 2.03. The van der Waals surface area contributed by atoms with E-state index in [4.69, 9.17) is 0 Å². The van der Waals surface area contributed by atoms with E-state index >= 15 is 0 Å². The van der Waals surface area contributed by atoms with Crippen molar-refractivity contribution in [2.24, 2.45) is 11.8 Å². The minimum atomic E-state index is 0.212. The molecule has 1 aliphatic carbocycles. The minimum absolute atomic E-state index is 0.212. The lowest BCUT2D eigenvalue weighted by Gasteiger charge is -2.37. The Morgan fingerprint density at radius 3 is 2.47 bits per heavy atom. The third kappa shape index (κ3) is 2.98. The van der Waals surface area contributed by atoms with Gasteiger partial charge in [-0.05, 0) is 24.3 Å². The van der Waals surface area contributed by atoms with Crippen molar-refractivity contribution >= 4 is 5.91 Å². The van der Waals surface area contributed by atoms with Gasteiger partial charge >= 0.3 is 0 Å². The number of nitrogens with zero attached hydrogens (tertiary/aromatic N) is 1. The van der Waals surface area contributed by atoms with Gasteiger partial charge < -0.3 is 10.2 Å². The normalized spacial score (nSPS) is 19.6. The quantitative estimate of drug-likeness (QED) is 0.876. The number of amides is 1. The van der Waals surface area contributed by atoms with Gasteiger partial charge in [0.05, 0.1) is 5.92 Å². The van der Waals surface area contributed by atoms with Gasteiger partial charge in [-0.1, -0.05) is 36.8 Å². The molecule has 102 valence electrons. The Morgan fingerprint density at radius 2 is 1.95 bits per heavy atom. The molecule has 2 fully saturated rings. The first kappa shape index (κ1) is 12.7. The molecule has 3 heteroatoms. The molecule has 1 heterocycles. The average Bonchev–Trinajstić information content (AvgIpc) is 2.31. The Labute approximate surface area is 115 Å². The molecular weight excluding hydrogens is 236 g/mol. The van der Waals surface area contributed by atoms with Crippen molar-refractivity contribution < 1.29 is 4.79 Å². The molecule has 0 aromatic heterocycles. The zero-order chi connectivity index (χ0) is 13.1. The maximum atomic E-state index is 12.5. The molecule has 1 aromatic rings. The summed E-state index contributed by atoms with van der Waals surface area (Å²) in [5.74, 6) is 1.29. The van der Waals surface area contributed by atoms with Crippen LogP contribution in [0, 0.1) is 11.8 Å². The van der Waals surface area contributed by atoms with E-state index in [1.807, 2.05) is 18.2 Å². The van der Waals surface area contributed by atoms with Crippen LogP contribution < -0.4 is 5.32 Å². The predicted molar refractivity (Wildman–Crippen MR) is 75.6 cm³/mol. The van der Waals surface area contributed by atoms with E-state index in [1.165, 1.54) is 24.8 Å². The van der Waals surface area contributed by atoms with Gasteiger partial charge in [0.15, 0.2) is 0 Å². The molecule has 1 aliphatic heterocycles. The summed E-state index contributed by atoms with van der Waals surface area (Å²) in [7, 11) is 0. The number of rotatable bonds is 5. The van der Waals surface area contributed by atoms with Gasteiger partial charge in [0.25, 0.3) is 0 Å². The van der Waals surface area contributed by atoms with E-state index in [0.29, 0.717) is 5.91 Å². The summed E-state index contributed by atoms with van der Waals surface area (Å²) in [6, 6.07) is 10.3. The molecule has 1 amide bonds. The molecule has 3 nitrogen and oxygen atoms in total. The van der Waals surface area contributed by atoms with Gasteiger partial charge in [0.1, 0.15) is 0 Å². The van der Waals surface area contributed by atoms with Crippen LogP contribution in [0.2, 0.25) is 0 Å². The molecular formula is C16H22N2O. The third-order valence-corrected chi connectivity index (χ3v) is 4.36. The first-order chi connectivity index (χ1) is 9.33. The van der Waals surface area contributed by atoms with Crippen LogP contribution in [-0.2, 0) is 11.3 Å². The van der Waals surface area contributed by atoms with E-state index in [1.54, 1.807) is 0 Å². The number of hydrogen-bond donors (Lipinski definition) is 1. The van der Waals surface area contributed by atoms with Crippen LogP contribution in [0.1, 0.15) is 24.8 Å². The summed E-state index contributed by atoms with van der Waals surface area (Å²) < 4.78 is 0. The Bertz CT molecular complexity index is 424. The number of nitrogens with one attached hydrogen (secondary N) is 1. The van der Waals surface area contributed by atoms with Crippen LogP contribution in [0.3, 0.4) is 0 Å². The van der Waals surface area contributed by atoms with Crippen LogP contribution in [0.15, 0.2) is 30.3 Å². The number of benzene rings is 1. The van der Waals surface area contributed by atoms with E-state index < -0.39 is 0 Å². The van der Waals surface area contributed by atoms with Crippen molar-refractivity contribution in [3.8, 4) is 0 Å². The maximum Gasteiger partial charge on any atom is 0.228 e. The highest BCUT2D eigenvalue weighted by atomic mass is 16.2. The molecule has 3 rings (SSSR count). The first-order valence-corrected chi connectivity index (χ1v) is 7.36. The Hall–Kier alpha value is -1.35. The molecule has 0 radical (unpaired) electrons. The fourth-order valence-electron chi connectivity index (χ4n) is 2.74. The second kappa shape index (κ2) is 5.74. The Kier molecular flexibility index (Phi) is 3.83. The van der Waals surface area contributed by atoms with Crippen LogP contribution in [0.4, 0.5) is 0 Å². The summed E-state index contributed by atoms with van der Waals surface area (Å²) in [6.45, 7) is 3.43. The number of carbonyl (C=O) groups is 1. The van der Waals surface area contributed by atoms with Gasteiger partial charge in [0.2, 0.25) is 5.91 Å². The van der Waals surface area contributed by atoms with Gasteiger partial charge in [-0.3, -0.25) is 4.79 Å². The topological polar surface area (TPSA) is 32.3 Å². The van der Waals surface area contributed by atoms with Crippen LogP contribution in [0.5, 0.6) is 0 Å². The van der Waals surface area contributed by atoms with Crippen molar-refractivity contribution in [1.29, 1.82) is 0 Å². The monoisotopic (exact) mass is 258 g/mol. The SMILES string of the molecule is O=C(C1CNC1)N(Cc1ccccc1)CC1CCC1. The smallest absolute Gasteiger partial charge is 0.228 e. The third-order valence-electron chi connectivity index (χ3n) is 4.36. The molecule has 1 aromatic carbocycles. The van der Waals surface area contributed by atoms with Crippen molar-refractivity contribution in [3.05, 3.63) is 35.9 Å². The summed E-state index contributed by atoms with van der Waals surface area (Å²) in [5.41, 5.74) is 1.24. The molecule has 0 unspecified atom stereocenters. The highest BCUT2D eigenvalue weighted by molar-refractivity contribution is 5.80. The molecule has 0 atom stereocenters. The summed E-state index contributed by atoms with van der Waals surface area (Å²) >= 11 is 0. The molecule has 0 spiro atoms. The highest BCUT2D eigenvalue weighted by Gasteiger charge is 2.31. The van der Waals surface area contributed by atoms with Gasteiger partial charge in [0, 0.05) is 26.2 Å². The molecule has 19 heavy (non-hydrogen) atoms. The van der Waals surface area contributed by atoms with Gasteiger partial charge in [-0.2, -0.15) is 0 Å². The zero-order valence-electron chi connectivity index (χ0n) is 11.3. The lowest BCUT2D eigenvalue weighted by Crippen LogP contribution is -2.52. The van der Waals surface area contributed by atoms with Crippen molar-refractivity contribution in [2.75, 3.05) is 19.6 Å². The standard InChI is InChI=1S/C16H22N2O/c19-16(15-9-17-10-15)18(12-14-7-4-8-14)11-13-5-2-1-3-6-13/h1-3,5-6,14-15,17H,4,7-12H2. The Balaban J connectivity index is 1.65. The van der Waals surface area contributed by atoms with E-state index in [0.717, 1.165) is 32.1 Å². The lowest BCUT2D eigenvalue weighted by atomic mass is 9.84. The number of hydrogen-bond acceptors (Lipinski definition) is 2. The van der Waals surface area contributed by atoms with Crippen LogP contribution >= 0.6 is 0 Å². The van der Waals surface area contributed by atoms with Crippen molar-refractivity contribution in [3.63, 3.8) is 0 Å². The fraction of sp³-hybridized carbons (Fsp3) is 0.562. The zero-order valence-corrected chi connectivity index (χ0v) is 11.3. The maximum absolute atomic E-state index is 12.5. The van der Waals surface area contributed by atoms with E-state index in [9.17, 15) is 4.79 Å². The summed E-state index contributed by atoms with van der Waals surface area (Å²) in [6.07, 6.45) is 3.92. The second-order valence-electron chi connectivity index (χ2n) is 5.86. The largest absolute Gasteiger partial charge is 0.338 e. The van der Waals surface area contributed by atoms with Crippen molar-refractivity contribution in [2.45, 2.75) is 25.8 Å². The fourth-order valence-corrected chi connectivity index (χ4v) is 2.74. The average molecular weight is 258 g/mol. The Morgan fingerprint density at radius 1 is 1.21 bits per heavy atom. The number of carbonyl (C=O) groups excluding carboxylic acids is 1. The highest BCUT2D eigenvalue weighted by Crippen LogP contribution is 2.28. The van der Waals surface area contributed by atoms with E-state index in [-0.39, 0.29) is 5.92 Å². The second-order valence-corrected chi connectivity index (χ2v) is 5.86. The summed E-state index contributed by atoms with van der Waals surface area (Å²) in [5, 5.41) is 3.19.